The van der Waals surface area contributed by atoms with Crippen LogP contribution in [0.15, 0.2) is 28.7 Å². The summed E-state index contributed by atoms with van der Waals surface area (Å²) in [5.41, 5.74) is 1.38. The van der Waals surface area contributed by atoms with E-state index in [-0.39, 0.29) is 0 Å². The van der Waals surface area contributed by atoms with Gasteiger partial charge in [0.2, 0.25) is 0 Å². The molecule has 1 aliphatic rings. The fourth-order valence-corrected chi connectivity index (χ4v) is 3.18. The Kier molecular flexibility index (Phi) is 4.63. The number of nitrogens with one attached hydrogen (secondary N) is 1. The zero-order valence-corrected chi connectivity index (χ0v) is 12.3. The maximum Gasteiger partial charge on any atom is 0.0294 e. The molecular weight excluding hydrogens is 274 g/mol. The van der Waals surface area contributed by atoms with Gasteiger partial charge in [0.15, 0.2) is 0 Å². The van der Waals surface area contributed by atoms with Gasteiger partial charge in [0.25, 0.3) is 0 Å². The van der Waals surface area contributed by atoms with Crippen molar-refractivity contribution in [3.8, 4) is 0 Å². The van der Waals surface area contributed by atoms with Gasteiger partial charge in [-0.05, 0) is 43.4 Å². The van der Waals surface area contributed by atoms with Crippen molar-refractivity contribution in [3.05, 3.63) is 34.3 Å². The van der Waals surface area contributed by atoms with E-state index in [1.54, 1.807) is 0 Å². The maximum absolute atomic E-state index is 3.80. The smallest absolute Gasteiger partial charge is 0.0294 e. The summed E-state index contributed by atoms with van der Waals surface area (Å²) < 4.78 is 1.15. The molecule has 3 atom stereocenters. The second kappa shape index (κ2) is 6.01. The van der Waals surface area contributed by atoms with E-state index in [9.17, 15) is 0 Å². The zero-order valence-electron chi connectivity index (χ0n) is 10.7. The van der Waals surface area contributed by atoms with Gasteiger partial charge in [0.05, 0.1) is 0 Å². The van der Waals surface area contributed by atoms with Crippen LogP contribution >= 0.6 is 15.9 Å². The van der Waals surface area contributed by atoms with E-state index in [0.717, 1.165) is 16.4 Å². The molecule has 1 saturated carbocycles. The maximum atomic E-state index is 3.80. The minimum Gasteiger partial charge on any atom is -0.307 e. The topological polar surface area (TPSA) is 12.0 Å². The summed E-state index contributed by atoms with van der Waals surface area (Å²) in [5.74, 6) is 0.882. The minimum atomic E-state index is 0.459. The van der Waals surface area contributed by atoms with Crippen molar-refractivity contribution in [2.75, 3.05) is 0 Å². The predicted octanol–water partition coefficient (Wildman–Crippen LogP) is 4.68. The van der Waals surface area contributed by atoms with Crippen molar-refractivity contribution in [1.82, 2.24) is 5.32 Å². The first kappa shape index (κ1) is 13.1. The monoisotopic (exact) mass is 295 g/mol. The van der Waals surface area contributed by atoms with Crippen molar-refractivity contribution in [2.45, 2.75) is 51.6 Å². The van der Waals surface area contributed by atoms with E-state index < -0.39 is 0 Å². The van der Waals surface area contributed by atoms with Crippen molar-refractivity contribution < 1.29 is 0 Å². The van der Waals surface area contributed by atoms with E-state index in [1.807, 2.05) is 0 Å². The summed E-state index contributed by atoms with van der Waals surface area (Å²) in [6.45, 7) is 4.59. The molecule has 1 N–H and O–H groups in total. The lowest BCUT2D eigenvalue weighted by molar-refractivity contribution is 0.360. The van der Waals surface area contributed by atoms with Gasteiger partial charge < -0.3 is 5.32 Å². The molecule has 94 valence electrons. The van der Waals surface area contributed by atoms with Crippen LogP contribution in [0.4, 0.5) is 0 Å². The van der Waals surface area contributed by atoms with E-state index in [4.69, 9.17) is 0 Å². The summed E-state index contributed by atoms with van der Waals surface area (Å²) in [5, 5.41) is 3.80. The van der Waals surface area contributed by atoms with Gasteiger partial charge in [-0.1, -0.05) is 47.8 Å². The Hall–Kier alpha value is -0.340. The van der Waals surface area contributed by atoms with Gasteiger partial charge in [-0.2, -0.15) is 0 Å². The van der Waals surface area contributed by atoms with Gasteiger partial charge in [-0.15, -0.1) is 0 Å². The summed E-state index contributed by atoms with van der Waals surface area (Å²) in [6, 6.07) is 9.84. The predicted molar refractivity (Wildman–Crippen MR) is 77.1 cm³/mol. The van der Waals surface area contributed by atoms with Crippen LogP contribution in [-0.4, -0.2) is 6.04 Å². The quantitative estimate of drug-likeness (QED) is 0.850. The first-order chi connectivity index (χ1) is 8.20. The molecule has 0 aromatic heterocycles. The Morgan fingerprint density at radius 2 is 2.00 bits per heavy atom. The molecule has 0 radical (unpaired) electrons. The number of benzene rings is 1. The molecule has 0 spiro atoms. The van der Waals surface area contributed by atoms with Crippen LogP contribution in [0.1, 0.15) is 51.1 Å². The average molecular weight is 296 g/mol. The lowest BCUT2D eigenvalue weighted by Crippen LogP contribution is -2.34. The fourth-order valence-electron chi connectivity index (χ4n) is 2.91. The fraction of sp³-hybridized carbons (Fsp3) is 0.600. The van der Waals surface area contributed by atoms with Crippen LogP contribution in [0.5, 0.6) is 0 Å². The Labute approximate surface area is 113 Å². The number of hydrogen-bond donors (Lipinski definition) is 1. The normalized spacial score (nSPS) is 26.1. The van der Waals surface area contributed by atoms with Gasteiger partial charge in [-0.25, -0.2) is 0 Å². The molecular formula is C15H22BrN. The van der Waals surface area contributed by atoms with Crippen molar-refractivity contribution in [3.63, 3.8) is 0 Å². The lowest BCUT2D eigenvalue weighted by Gasteiger charge is -2.24. The molecule has 0 heterocycles. The molecule has 0 bridgehead atoms. The Morgan fingerprint density at radius 1 is 1.29 bits per heavy atom. The highest BCUT2D eigenvalue weighted by Crippen LogP contribution is 2.30. The molecule has 1 aromatic carbocycles. The molecule has 2 heteroatoms. The van der Waals surface area contributed by atoms with Gasteiger partial charge in [-0.3, -0.25) is 0 Å². The first-order valence-corrected chi connectivity index (χ1v) is 7.51. The Balaban J connectivity index is 1.96. The lowest BCUT2D eigenvalue weighted by atomic mass is 9.98. The van der Waals surface area contributed by atoms with Crippen molar-refractivity contribution in [1.29, 1.82) is 0 Å². The minimum absolute atomic E-state index is 0.459. The summed E-state index contributed by atoms with van der Waals surface area (Å²) >= 11 is 3.48. The second-order valence-electron chi connectivity index (χ2n) is 5.15. The molecule has 17 heavy (non-hydrogen) atoms. The molecule has 2 rings (SSSR count). The molecule has 1 aliphatic carbocycles. The van der Waals surface area contributed by atoms with Crippen molar-refractivity contribution >= 4 is 15.9 Å². The highest BCUT2D eigenvalue weighted by Gasteiger charge is 2.26. The Bertz CT molecular complexity index is 346. The van der Waals surface area contributed by atoms with Crippen LogP contribution < -0.4 is 5.32 Å². The zero-order chi connectivity index (χ0) is 12.3. The number of halogens is 1. The van der Waals surface area contributed by atoms with Crippen LogP contribution in [0.25, 0.3) is 0 Å². The third kappa shape index (κ3) is 3.32. The van der Waals surface area contributed by atoms with E-state index in [2.05, 4.69) is 59.4 Å². The molecule has 0 saturated heterocycles. The van der Waals surface area contributed by atoms with E-state index >= 15 is 0 Å². The van der Waals surface area contributed by atoms with Crippen LogP contribution in [-0.2, 0) is 0 Å². The highest BCUT2D eigenvalue weighted by molar-refractivity contribution is 9.10. The molecule has 1 nitrogen and oxygen atoms in total. The third-order valence-electron chi connectivity index (χ3n) is 4.02. The molecule has 0 amide bonds. The second-order valence-corrected chi connectivity index (χ2v) is 6.06. The average Bonchev–Trinajstić information content (AvgIpc) is 2.77. The van der Waals surface area contributed by atoms with Gasteiger partial charge in [0.1, 0.15) is 0 Å². The SMILES string of the molecule is CCC1CCCC1N[C@@H](C)c1ccc(Br)cc1. The van der Waals surface area contributed by atoms with Crippen LogP contribution in [0, 0.1) is 5.92 Å². The molecule has 2 unspecified atom stereocenters. The van der Waals surface area contributed by atoms with Crippen LogP contribution in [0.3, 0.4) is 0 Å². The van der Waals surface area contributed by atoms with Crippen LogP contribution in [0.2, 0.25) is 0 Å². The summed E-state index contributed by atoms with van der Waals surface area (Å²) in [4.78, 5) is 0. The summed E-state index contributed by atoms with van der Waals surface area (Å²) in [6.07, 6.45) is 5.45. The largest absolute Gasteiger partial charge is 0.307 e. The Morgan fingerprint density at radius 3 is 2.65 bits per heavy atom. The van der Waals surface area contributed by atoms with Crippen molar-refractivity contribution in [2.24, 2.45) is 5.92 Å². The standard InChI is InChI=1S/C15H22BrN/c1-3-12-5-4-6-15(12)17-11(2)13-7-9-14(16)10-8-13/h7-12,15,17H,3-6H2,1-2H3/t11-,12?,15?/m0/s1. The molecule has 1 aromatic rings. The third-order valence-corrected chi connectivity index (χ3v) is 4.55. The summed E-state index contributed by atoms with van der Waals surface area (Å²) in [7, 11) is 0. The first-order valence-electron chi connectivity index (χ1n) is 6.72. The number of hydrogen-bond acceptors (Lipinski definition) is 1. The number of rotatable bonds is 4. The molecule has 0 aliphatic heterocycles. The molecule has 1 fully saturated rings. The van der Waals surface area contributed by atoms with Gasteiger partial charge in [0, 0.05) is 16.6 Å². The van der Waals surface area contributed by atoms with Gasteiger partial charge >= 0.3 is 0 Å². The highest BCUT2D eigenvalue weighted by atomic mass is 79.9. The van der Waals surface area contributed by atoms with E-state index in [1.165, 1.54) is 31.2 Å². The van der Waals surface area contributed by atoms with E-state index in [0.29, 0.717) is 6.04 Å².